The third kappa shape index (κ3) is 1.36. The van der Waals surface area contributed by atoms with Crippen molar-refractivity contribution in [2.75, 3.05) is 6.54 Å². The summed E-state index contributed by atoms with van der Waals surface area (Å²) >= 11 is 0. The normalized spacial score (nSPS) is 51.8. The third-order valence-corrected chi connectivity index (χ3v) is 7.93. The Labute approximate surface area is 146 Å². The number of hydrogen-bond acceptors (Lipinski definition) is 4. The van der Waals surface area contributed by atoms with Gasteiger partial charge in [-0.05, 0) is 53.7 Å². The van der Waals surface area contributed by atoms with Crippen LogP contribution in [0, 0.1) is 17.3 Å². The zero-order chi connectivity index (χ0) is 17.4. The summed E-state index contributed by atoms with van der Waals surface area (Å²) in [6.07, 6.45) is 4.60. The summed E-state index contributed by atoms with van der Waals surface area (Å²) in [5.41, 5.74) is 1.88. The lowest BCUT2D eigenvalue weighted by atomic mass is 9.51. The minimum absolute atomic E-state index is 0.0485. The molecule has 5 heteroatoms. The standard InChI is InChI=1S/C20H23NO4/c1-9(2)19-15(24-19)7-13-18(3)5-4-10-11(8-21-16(10)22)12(18)6-14-20(13,25-14)17(19)23/h7,9,12,14-15H,4-6,8H2,1-3H3,(H,21,22)/t12-,14-,15-,18-,19-,20+/m0/s1. The number of ketones is 1. The number of epoxide rings is 2. The Hall–Kier alpha value is -1.46. The fourth-order valence-corrected chi connectivity index (χ4v) is 6.41. The van der Waals surface area contributed by atoms with E-state index < -0.39 is 11.2 Å². The summed E-state index contributed by atoms with van der Waals surface area (Å²) in [6, 6.07) is 0. The number of amides is 1. The van der Waals surface area contributed by atoms with E-state index in [9.17, 15) is 9.59 Å². The van der Waals surface area contributed by atoms with Gasteiger partial charge in [0.05, 0.1) is 0 Å². The van der Waals surface area contributed by atoms with E-state index in [-0.39, 0.29) is 35.2 Å². The van der Waals surface area contributed by atoms with Gasteiger partial charge in [-0.15, -0.1) is 0 Å². The molecular weight excluding hydrogens is 318 g/mol. The molecule has 0 radical (unpaired) electrons. The number of rotatable bonds is 1. The number of Topliss-reactive ketones (excluding diaryl/α,β-unsaturated/α-hetero) is 1. The molecule has 0 aromatic heterocycles. The fraction of sp³-hybridized carbons (Fsp3) is 0.700. The van der Waals surface area contributed by atoms with Gasteiger partial charge in [0.15, 0.2) is 11.2 Å². The molecule has 2 saturated heterocycles. The van der Waals surface area contributed by atoms with Crippen molar-refractivity contribution in [3.05, 3.63) is 22.8 Å². The summed E-state index contributed by atoms with van der Waals surface area (Å²) in [7, 11) is 0. The van der Waals surface area contributed by atoms with Crippen molar-refractivity contribution in [2.45, 2.75) is 63.4 Å². The van der Waals surface area contributed by atoms with Crippen LogP contribution in [0.15, 0.2) is 22.8 Å². The third-order valence-electron chi connectivity index (χ3n) is 7.93. The molecule has 25 heavy (non-hydrogen) atoms. The highest BCUT2D eigenvalue weighted by Crippen LogP contribution is 2.70. The minimum Gasteiger partial charge on any atom is -0.353 e. The average molecular weight is 341 g/mol. The Bertz CT molecular complexity index is 826. The van der Waals surface area contributed by atoms with E-state index in [1.54, 1.807) is 0 Å². The average Bonchev–Trinajstić information content (AvgIpc) is 3.44. The van der Waals surface area contributed by atoms with Gasteiger partial charge >= 0.3 is 0 Å². The van der Waals surface area contributed by atoms with Crippen LogP contribution in [0.25, 0.3) is 0 Å². The maximum Gasteiger partial charge on any atom is 0.247 e. The first-order valence-electron chi connectivity index (χ1n) is 9.49. The highest BCUT2D eigenvalue weighted by molar-refractivity contribution is 6.06. The first kappa shape index (κ1) is 14.7. The molecule has 6 rings (SSSR count). The van der Waals surface area contributed by atoms with Gasteiger partial charge in [0, 0.05) is 12.1 Å². The molecule has 6 aliphatic rings. The van der Waals surface area contributed by atoms with Crippen LogP contribution < -0.4 is 5.32 Å². The minimum atomic E-state index is -0.739. The predicted molar refractivity (Wildman–Crippen MR) is 88.6 cm³/mol. The van der Waals surface area contributed by atoms with Crippen LogP contribution in [-0.2, 0) is 19.1 Å². The molecule has 1 saturated carbocycles. The second-order valence-electron chi connectivity index (χ2n) is 9.13. The summed E-state index contributed by atoms with van der Waals surface area (Å²) in [5.74, 6) is 0.705. The topological polar surface area (TPSA) is 71.2 Å². The Morgan fingerprint density at radius 2 is 2.08 bits per heavy atom. The van der Waals surface area contributed by atoms with Gasteiger partial charge < -0.3 is 14.8 Å². The van der Waals surface area contributed by atoms with Crippen LogP contribution >= 0.6 is 0 Å². The van der Waals surface area contributed by atoms with Crippen molar-refractivity contribution in [1.29, 1.82) is 0 Å². The summed E-state index contributed by atoms with van der Waals surface area (Å²) in [5, 5.41) is 2.99. The van der Waals surface area contributed by atoms with E-state index >= 15 is 0 Å². The van der Waals surface area contributed by atoms with Gasteiger partial charge in [-0.3, -0.25) is 9.59 Å². The molecule has 3 aliphatic heterocycles. The zero-order valence-electron chi connectivity index (χ0n) is 14.8. The van der Waals surface area contributed by atoms with Gasteiger partial charge in [-0.25, -0.2) is 0 Å². The Kier molecular flexibility index (Phi) is 2.31. The van der Waals surface area contributed by atoms with Crippen molar-refractivity contribution < 1.29 is 19.1 Å². The molecule has 1 spiro atoms. The first-order valence-corrected chi connectivity index (χ1v) is 9.49. The molecule has 0 aromatic carbocycles. The van der Waals surface area contributed by atoms with Crippen molar-refractivity contribution in [2.24, 2.45) is 17.3 Å². The fourth-order valence-electron chi connectivity index (χ4n) is 6.41. The molecule has 132 valence electrons. The maximum absolute atomic E-state index is 13.5. The molecule has 1 amide bonds. The SMILES string of the molecule is CC(C)[C@]12O[C@H]1C=C1[C@]3(O[C@H]3C[C@H]3C4=C(CC[C@]13C)C(=O)NC4)C2=O. The highest BCUT2D eigenvalue weighted by Gasteiger charge is 2.82. The van der Waals surface area contributed by atoms with Crippen molar-refractivity contribution in [3.8, 4) is 0 Å². The predicted octanol–water partition coefficient (Wildman–Crippen LogP) is 1.67. The van der Waals surface area contributed by atoms with E-state index in [0.717, 1.165) is 30.4 Å². The molecule has 0 unspecified atom stereocenters. The number of carbonyl (C=O) groups excluding carboxylic acids is 2. The van der Waals surface area contributed by atoms with E-state index in [1.165, 1.54) is 5.57 Å². The second kappa shape index (κ2) is 3.94. The monoisotopic (exact) mass is 341 g/mol. The molecule has 5 nitrogen and oxygen atoms in total. The van der Waals surface area contributed by atoms with E-state index in [0.29, 0.717) is 12.5 Å². The zero-order valence-corrected chi connectivity index (χ0v) is 14.8. The van der Waals surface area contributed by atoms with E-state index in [4.69, 9.17) is 9.47 Å². The summed E-state index contributed by atoms with van der Waals surface area (Å²) in [6.45, 7) is 7.05. The van der Waals surface area contributed by atoms with Crippen molar-refractivity contribution in [3.63, 3.8) is 0 Å². The first-order chi connectivity index (χ1) is 11.9. The molecule has 6 atom stereocenters. The van der Waals surface area contributed by atoms with Gasteiger partial charge in [0.25, 0.3) is 0 Å². The quantitative estimate of drug-likeness (QED) is 0.582. The van der Waals surface area contributed by atoms with Gasteiger partial charge in [0.2, 0.25) is 11.7 Å². The van der Waals surface area contributed by atoms with Crippen LogP contribution in [0.3, 0.4) is 0 Å². The Morgan fingerprint density at radius 1 is 1.28 bits per heavy atom. The van der Waals surface area contributed by atoms with Crippen LogP contribution in [-0.4, -0.2) is 41.6 Å². The lowest BCUT2D eigenvalue weighted by molar-refractivity contribution is -0.130. The second-order valence-corrected chi connectivity index (χ2v) is 9.13. The lowest BCUT2D eigenvalue weighted by Crippen LogP contribution is -2.55. The lowest BCUT2D eigenvalue weighted by Gasteiger charge is -2.49. The number of ether oxygens (including phenoxy) is 2. The van der Waals surface area contributed by atoms with Crippen LogP contribution in [0.4, 0.5) is 0 Å². The van der Waals surface area contributed by atoms with E-state index in [1.807, 2.05) is 0 Å². The van der Waals surface area contributed by atoms with E-state index in [2.05, 4.69) is 32.2 Å². The van der Waals surface area contributed by atoms with Crippen LogP contribution in [0.1, 0.15) is 40.0 Å². The molecular formula is C20H23NO4. The Balaban J connectivity index is 1.50. The highest BCUT2D eigenvalue weighted by atomic mass is 16.6. The van der Waals surface area contributed by atoms with Gasteiger partial charge in [0.1, 0.15) is 12.2 Å². The molecule has 1 N–H and O–H groups in total. The number of carbonyl (C=O) groups is 2. The molecule has 3 aliphatic carbocycles. The number of fused-ring (bicyclic) bond motifs is 4. The summed E-state index contributed by atoms with van der Waals surface area (Å²) in [4.78, 5) is 25.6. The summed E-state index contributed by atoms with van der Waals surface area (Å²) < 4.78 is 12.1. The molecule has 3 fully saturated rings. The van der Waals surface area contributed by atoms with Crippen molar-refractivity contribution in [1.82, 2.24) is 5.32 Å². The smallest absolute Gasteiger partial charge is 0.247 e. The van der Waals surface area contributed by atoms with Gasteiger partial charge in [-0.2, -0.15) is 0 Å². The molecule has 0 aromatic rings. The molecule has 3 heterocycles. The maximum atomic E-state index is 13.5. The Morgan fingerprint density at radius 3 is 2.84 bits per heavy atom. The van der Waals surface area contributed by atoms with Gasteiger partial charge in [-0.1, -0.05) is 20.8 Å². The number of hydrogen-bond donors (Lipinski definition) is 1. The van der Waals surface area contributed by atoms with Crippen LogP contribution in [0.5, 0.6) is 0 Å². The van der Waals surface area contributed by atoms with Crippen LogP contribution in [0.2, 0.25) is 0 Å². The van der Waals surface area contributed by atoms with Crippen molar-refractivity contribution >= 4 is 11.7 Å². The number of nitrogens with one attached hydrogen (secondary N) is 1. The molecule has 0 bridgehead atoms. The largest absolute Gasteiger partial charge is 0.353 e.